The molecule has 1 atom stereocenters. The number of anilines is 2. The van der Waals surface area contributed by atoms with E-state index in [0.29, 0.717) is 18.9 Å². The summed E-state index contributed by atoms with van der Waals surface area (Å²) in [6.45, 7) is 5.08. The molecule has 7 heteroatoms. The van der Waals surface area contributed by atoms with E-state index in [1.807, 2.05) is 41.3 Å². The Bertz CT molecular complexity index is 725. The minimum Gasteiger partial charge on any atom is -0.387 e. The van der Waals surface area contributed by atoms with Crippen LogP contribution in [0.25, 0.3) is 0 Å². The van der Waals surface area contributed by atoms with E-state index in [9.17, 15) is 9.90 Å². The summed E-state index contributed by atoms with van der Waals surface area (Å²) in [5.74, 6) is 1.63. The van der Waals surface area contributed by atoms with Crippen LogP contribution in [0, 0.1) is 0 Å². The van der Waals surface area contributed by atoms with E-state index in [1.54, 1.807) is 6.92 Å². The van der Waals surface area contributed by atoms with Crippen molar-refractivity contribution >= 4 is 17.5 Å². The molecular weight excluding hydrogens is 330 g/mol. The Morgan fingerprint density at radius 1 is 1.19 bits per heavy atom. The minimum atomic E-state index is -0.600. The first-order valence-corrected chi connectivity index (χ1v) is 8.93. The van der Waals surface area contributed by atoms with Gasteiger partial charge in [0.25, 0.3) is 0 Å². The number of rotatable bonds is 5. The van der Waals surface area contributed by atoms with Gasteiger partial charge in [-0.25, -0.2) is 9.97 Å². The van der Waals surface area contributed by atoms with Crippen LogP contribution < -0.4 is 10.2 Å². The first-order valence-electron chi connectivity index (χ1n) is 8.93. The predicted molar refractivity (Wildman–Crippen MR) is 101 cm³/mol. The van der Waals surface area contributed by atoms with Crippen LogP contribution in [0.15, 0.2) is 42.7 Å². The predicted octanol–water partition coefficient (Wildman–Crippen LogP) is 1.68. The molecule has 0 bridgehead atoms. The van der Waals surface area contributed by atoms with Gasteiger partial charge in [0.05, 0.1) is 6.10 Å². The zero-order valence-corrected chi connectivity index (χ0v) is 15.0. The van der Waals surface area contributed by atoms with Crippen LogP contribution in [0.4, 0.5) is 11.6 Å². The topological polar surface area (TPSA) is 81.6 Å². The van der Waals surface area contributed by atoms with Crippen molar-refractivity contribution in [3.63, 3.8) is 0 Å². The van der Waals surface area contributed by atoms with E-state index in [1.165, 1.54) is 6.33 Å². The molecule has 2 heterocycles. The largest absolute Gasteiger partial charge is 0.387 e. The molecule has 3 rings (SSSR count). The molecule has 0 spiro atoms. The lowest BCUT2D eigenvalue weighted by Crippen LogP contribution is -2.33. The van der Waals surface area contributed by atoms with Gasteiger partial charge in [-0.05, 0) is 12.0 Å². The van der Waals surface area contributed by atoms with E-state index in [-0.39, 0.29) is 5.91 Å². The molecule has 138 valence electrons. The van der Waals surface area contributed by atoms with Gasteiger partial charge >= 0.3 is 0 Å². The number of carbonyl (C=O) groups excluding carboxylic acids is 1. The third-order valence-electron chi connectivity index (χ3n) is 4.58. The molecule has 0 unspecified atom stereocenters. The molecule has 26 heavy (non-hydrogen) atoms. The quantitative estimate of drug-likeness (QED) is 0.849. The molecule has 1 aliphatic heterocycles. The van der Waals surface area contributed by atoms with Crippen LogP contribution in [0.1, 0.15) is 25.0 Å². The summed E-state index contributed by atoms with van der Waals surface area (Å²) in [7, 11) is 0. The Morgan fingerprint density at radius 3 is 2.77 bits per heavy atom. The van der Waals surface area contributed by atoms with Gasteiger partial charge in [-0.2, -0.15) is 0 Å². The molecule has 0 aliphatic carbocycles. The summed E-state index contributed by atoms with van der Waals surface area (Å²) in [5.41, 5.74) is 0.867. The number of carbonyl (C=O) groups is 1. The van der Waals surface area contributed by atoms with Gasteiger partial charge in [-0.3, -0.25) is 4.79 Å². The Balaban J connectivity index is 1.60. The molecule has 1 aromatic carbocycles. The number of benzene rings is 1. The van der Waals surface area contributed by atoms with Gasteiger partial charge in [0, 0.05) is 45.7 Å². The third-order valence-corrected chi connectivity index (χ3v) is 4.58. The average Bonchev–Trinajstić information content (AvgIpc) is 2.93. The maximum atomic E-state index is 11.6. The van der Waals surface area contributed by atoms with Crippen LogP contribution >= 0.6 is 0 Å². The second kappa shape index (κ2) is 8.62. The number of hydrogen-bond donors (Lipinski definition) is 2. The Kier molecular flexibility index (Phi) is 6.01. The first kappa shape index (κ1) is 18.1. The lowest BCUT2D eigenvalue weighted by Gasteiger charge is -2.22. The van der Waals surface area contributed by atoms with Gasteiger partial charge in [-0.15, -0.1) is 0 Å². The summed E-state index contributed by atoms with van der Waals surface area (Å²) < 4.78 is 0. The Morgan fingerprint density at radius 2 is 2.00 bits per heavy atom. The van der Waals surface area contributed by atoms with Crippen LogP contribution in [0.3, 0.4) is 0 Å². The van der Waals surface area contributed by atoms with Crippen molar-refractivity contribution < 1.29 is 9.90 Å². The van der Waals surface area contributed by atoms with Crippen molar-refractivity contribution in [3.05, 3.63) is 48.3 Å². The van der Waals surface area contributed by atoms with Crippen LogP contribution in [0.2, 0.25) is 0 Å². The highest BCUT2D eigenvalue weighted by Crippen LogP contribution is 2.18. The Labute approximate surface area is 153 Å². The Hall–Kier alpha value is -2.67. The van der Waals surface area contributed by atoms with E-state index in [4.69, 9.17) is 0 Å². The first-order chi connectivity index (χ1) is 12.6. The van der Waals surface area contributed by atoms with Gasteiger partial charge in [0.2, 0.25) is 5.91 Å². The fraction of sp³-hybridized carbons (Fsp3) is 0.421. The zero-order chi connectivity index (χ0) is 18.4. The van der Waals surface area contributed by atoms with Crippen LogP contribution in [0.5, 0.6) is 0 Å². The second-order valence-corrected chi connectivity index (χ2v) is 6.42. The van der Waals surface area contributed by atoms with Gasteiger partial charge in [-0.1, -0.05) is 30.3 Å². The summed E-state index contributed by atoms with van der Waals surface area (Å²) >= 11 is 0. The van der Waals surface area contributed by atoms with E-state index in [2.05, 4.69) is 20.2 Å². The van der Waals surface area contributed by atoms with E-state index in [0.717, 1.165) is 37.4 Å². The lowest BCUT2D eigenvalue weighted by atomic mass is 10.1. The smallest absolute Gasteiger partial charge is 0.219 e. The standard InChI is InChI=1S/C19H25N5O2/c1-15(25)23-8-5-9-24(11-10-23)19-12-18(21-14-22-19)20-13-17(26)16-6-3-2-4-7-16/h2-4,6-7,12,14,17,26H,5,8-11,13H2,1H3,(H,20,21,22)/t17-/m0/s1. The monoisotopic (exact) mass is 355 g/mol. The third kappa shape index (κ3) is 4.70. The van der Waals surface area contributed by atoms with Crippen LogP contribution in [-0.2, 0) is 4.79 Å². The SMILES string of the molecule is CC(=O)N1CCCN(c2cc(NC[C@H](O)c3ccccc3)ncn2)CC1. The molecule has 2 aromatic rings. The minimum absolute atomic E-state index is 0.117. The van der Waals surface area contributed by atoms with Gasteiger partial charge < -0.3 is 20.2 Å². The fourth-order valence-corrected chi connectivity index (χ4v) is 3.07. The summed E-state index contributed by atoms with van der Waals surface area (Å²) in [5, 5.41) is 13.4. The number of hydrogen-bond acceptors (Lipinski definition) is 6. The molecule has 7 nitrogen and oxygen atoms in total. The van der Waals surface area contributed by atoms with Gasteiger partial charge in [0.1, 0.15) is 18.0 Å². The summed E-state index contributed by atoms with van der Waals surface area (Å²) in [6, 6.07) is 11.4. The van der Waals surface area contributed by atoms with Crippen molar-refractivity contribution in [1.29, 1.82) is 0 Å². The van der Waals surface area contributed by atoms with Crippen molar-refractivity contribution in [2.24, 2.45) is 0 Å². The molecule has 1 amide bonds. The number of aliphatic hydroxyl groups excluding tert-OH is 1. The molecule has 1 fully saturated rings. The fourth-order valence-electron chi connectivity index (χ4n) is 3.07. The number of nitrogens with zero attached hydrogens (tertiary/aromatic N) is 4. The highest BCUT2D eigenvalue weighted by atomic mass is 16.3. The van der Waals surface area contributed by atoms with Gasteiger partial charge in [0.15, 0.2) is 0 Å². The normalized spacial score (nSPS) is 16.1. The molecule has 1 aromatic heterocycles. The average molecular weight is 355 g/mol. The van der Waals surface area contributed by atoms with E-state index >= 15 is 0 Å². The highest BCUT2D eigenvalue weighted by molar-refractivity contribution is 5.73. The molecule has 0 radical (unpaired) electrons. The van der Waals surface area contributed by atoms with Crippen molar-refractivity contribution in [2.75, 3.05) is 42.9 Å². The molecule has 1 saturated heterocycles. The molecule has 0 saturated carbocycles. The van der Waals surface area contributed by atoms with Crippen molar-refractivity contribution in [3.8, 4) is 0 Å². The molecular formula is C19H25N5O2. The zero-order valence-electron chi connectivity index (χ0n) is 15.0. The lowest BCUT2D eigenvalue weighted by molar-refractivity contribution is -0.128. The van der Waals surface area contributed by atoms with Crippen molar-refractivity contribution in [2.45, 2.75) is 19.4 Å². The number of aromatic nitrogens is 2. The summed E-state index contributed by atoms with van der Waals surface area (Å²) in [4.78, 5) is 24.2. The molecule has 1 aliphatic rings. The maximum Gasteiger partial charge on any atom is 0.219 e. The number of nitrogens with one attached hydrogen (secondary N) is 1. The summed E-state index contributed by atoms with van der Waals surface area (Å²) in [6.07, 6.45) is 1.84. The highest BCUT2D eigenvalue weighted by Gasteiger charge is 2.18. The van der Waals surface area contributed by atoms with E-state index < -0.39 is 6.10 Å². The number of amides is 1. The number of aliphatic hydroxyl groups is 1. The second-order valence-electron chi connectivity index (χ2n) is 6.42. The molecule has 2 N–H and O–H groups in total. The van der Waals surface area contributed by atoms with Crippen molar-refractivity contribution in [1.82, 2.24) is 14.9 Å². The maximum absolute atomic E-state index is 11.6. The van der Waals surface area contributed by atoms with Crippen LogP contribution in [-0.4, -0.2) is 58.6 Å².